The van der Waals surface area contributed by atoms with E-state index in [1.165, 1.54) is 0 Å². The number of nitrogens with zero attached hydrogens (tertiary/aromatic N) is 4. The second-order valence-corrected chi connectivity index (χ2v) is 5.87. The van der Waals surface area contributed by atoms with Crippen molar-refractivity contribution in [2.75, 3.05) is 36.4 Å². The zero-order chi connectivity index (χ0) is 16.4. The van der Waals surface area contributed by atoms with Crippen LogP contribution in [0.4, 0.5) is 16.3 Å². The molecule has 1 N–H and O–H groups in total. The van der Waals surface area contributed by atoms with Gasteiger partial charge in [-0.25, -0.2) is 9.78 Å². The van der Waals surface area contributed by atoms with Gasteiger partial charge in [-0.3, -0.25) is 0 Å². The molecule has 0 aromatic carbocycles. The number of rotatable bonds is 2. The SMILES string of the molecule is Cc1noc(C)c1NC(=O)N1CCN(c2ccc(Cl)cn2)CC1. The van der Waals surface area contributed by atoms with E-state index in [-0.39, 0.29) is 6.03 Å². The van der Waals surface area contributed by atoms with Crippen LogP contribution in [0.15, 0.2) is 22.9 Å². The molecule has 0 radical (unpaired) electrons. The molecule has 3 rings (SSSR count). The lowest BCUT2D eigenvalue weighted by Gasteiger charge is -2.35. The Balaban J connectivity index is 1.58. The predicted octanol–water partition coefficient (Wildman–Crippen LogP) is 2.69. The number of carbonyl (C=O) groups is 1. The van der Waals surface area contributed by atoms with Gasteiger partial charge < -0.3 is 19.6 Å². The van der Waals surface area contributed by atoms with Crippen LogP contribution in [0.3, 0.4) is 0 Å². The maximum Gasteiger partial charge on any atom is 0.322 e. The summed E-state index contributed by atoms with van der Waals surface area (Å²) < 4.78 is 5.06. The van der Waals surface area contributed by atoms with E-state index in [0.717, 1.165) is 18.9 Å². The molecule has 7 nitrogen and oxygen atoms in total. The minimum absolute atomic E-state index is 0.136. The van der Waals surface area contributed by atoms with Crippen molar-refractivity contribution < 1.29 is 9.32 Å². The van der Waals surface area contributed by atoms with Crippen LogP contribution >= 0.6 is 11.6 Å². The van der Waals surface area contributed by atoms with Crippen LogP contribution in [0.1, 0.15) is 11.5 Å². The topological polar surface area (TPSA) is 74.5 Å². The maximum atomic E-state index is 12.4. The largest absolute Gasteiger partial charge is 0.359 e. The summed E-state index contributed by atoms with van der Waals surface area (Å²) in [6.45, 7) is 6.28. The van der Waals surface area contributed by atoms with Crippen molar-refractivity contribution in [2.45, 2.75) is 13.8 Å². The Morgan fingerprint density at radius 3 is 2.57 bits per heavy atom. The number of anilines is 2. The van der Waals surface area contributed by atoms with Gasteiger partial charge in [-0.05, 0) is 26.0 Å². The third-order valence-electron chi connectivity index (χ3n) is 3.87. The zero-order valence-electron chi connectivity index (χ0n) is 13.0. The summed E-state index contributed by atoms with van der Waals surface area (Å²) in [5, 5.41) is 7.32. The van der Waals surface area contributed by atoms with Crippen LogP contribution in [-0.4, -0.2) is 47.3 Å². The predicted molar refractivity (Wildman–Crippen MR) is 88.0 cm³/mol. The number of piperazine rings is 1. The Bertz CT molecular complexity index is 673. The number of aromatic nitrogens is 2. The molecule has 2 aromatic rings. The summed E-state index contributed by atoms with van der Waals surface area (Å²) in [6, 6.07) is 3.57. The highest BCUT2D eigenvalue weighted by Gasteiger charge is 2.23. The molecule has 0 atom stereocenters. The van der Waals surface area contributed by atoms with Crippen molar-refractivity contribution >= 4 is 29.1 Å². The number of hydrogen-bond donors (Lipinski definition) is 1. The van der Waals surface area contributed by atoms with E-state index in [0.29, 0.717) is 35.3 Å². The van der Waals surface area contributed by atoms with Gasteiger partial charge in [0.1, 0.15) is 17.2 Å². The van der Waals surface area contributed by atoms with Gasteiger partial charge in [0.25, 0.3) is 0 Å². The molecule has 1 fully saturated rings. The lowest BCUT2D eigenvalue weighted by Crippen LogP contribution is -2.50. The van der Waals surface area contributed by atoms with E-state index in [9.17, 15) is 4.79 Å². The number of urea groups is 1. The molecule has 3 heterocycles. The van der Waals surface area contributed by atoms with Crippen LogP contribution in [0.5, 0.6) is 0 Å². The van der Waals surface area contributed by atoms with Crippen LogP contribution in [0.25, 0.3) is 0 Å². The minimum Gasteiger partial charge on any atom is -0.359 e. The Morgan fingerprint density at radius 1 is 1.26 bits per heavy atom. The van der Waals surface area contributed by atoms with Crippen LogP contribution in [0, 0.1) is 13.8 Å². The molecule has 0 unspecified atom stereocenters. The smallest absolute Gasteiger partial charge is 0.322 e. The van der Waals surface area contributed by atoms with Crippen LogP contribution in [-0.2, 0) is 0 Å². The monoisotopic (exact) mass is 335 g/mol. The van der Waals surface area contributed by atoms with Gasteiger partial charge in [-0.1, -0.05) is 16.8 Å². The molecule has 1 aliphatic rings. The van der Waals surface area contributed by atoms with E-state index in [1.807, 2.05) is 12.1 Å². The third kappa shape index (κ3) is 3.39. The first kappa shape index (κ1) is 15.6. The Labute approximate surface area is 139 Å². The number of halogens is 1. The molecule has 0 saturated carbocycles. The van der Waals surface area contributed by atoms with E-state index in [4.69, 9.17) is 16.1 Å². The van der Waals surface area contributed by atoms with Crippen molar-refractivity contribution in [1.82, 2.24) is 15.0 Å². The first-order chi connectivity index (χ1) is 11.0. The number of nitrogens with one attached hydrogen (secondary N) is 1. The van der Waals surface area contributed by atoms with Crippen molar-refractivity contribution in [3.8, 4) is 0 Å². The Hall–Kier alpha value is -2.28. The summed E-state index contributed by atoms with van der Waals surface area (Å²) in [5.74, 6) is 1.49. The van der Waals surface area contributed by atoms with Gasteiger partial charge in [-0.15, -0.1) is 0 Å². The molecule has 1 saturated heterocycles. The third-order valence-corrected chi connectivity index (χ3v) is 4.09. The lowest BCUT2D eigenvalue weighted by molar-refractivity contribution is 0.208. The lowest BCUT2D eigenvalue weighted by atomic mass is 10.3. The standard InChI is InChI=1S/C15H18ClN5O2/c1-10-14(11(2)23-19-10)18-15(22)21-7-5-20(6-8-21)13-4-3-12(16)9-17-13/h3-4,9H,5-8H2,1-2H3,(H,18,22). The molecule has 0 bridgehead atoms. The fourth-order valence-electron chi connectivity index (χ4n) is 2.54. The van der Waals surface area contributed by atoms with Crippen molar-refractivity contribution in [3.05, 3.63) is 34.8 Å². The fourth-order valence-corrected chi connectivity index (χ4v) is 2.65. The van der Waals surface area contributed by atoms with Gasteiger partial charge in [0.15, 0.2) is 5.76 Å². The van der Waals surface area contributed by atoms with Crippen LogP contribution in [0.2, 0.25) is 5.02 Å². The Morgan fingerprint density at radius 2 is 2.00 bits per heavy atom. The summed E-state index contributed by atoms with van der Waals surface area (Å²) in [4.78, 5) is 20.6. The van der Waals surface area contributed by atoms with Crippen LogP contribution < -0.4 is 10.2 Å². The van der Waals surface area contributed by atoms with Gasteiger partial charge in [-0.2, -0.15) is 0 Å². The fraction of sp³-hybridized carbons (Fsp3) is 0.400. The molecule has 1 aliphatic heterocycles. The highest BCUT2D eigenvalue weighted by molar-refractivity contribution is 6.30. The Kier molecular flexibility index (Phi) is 4.38. The molecule has 0 spiro atoms. The van der Waals surface area contributed by atoms with Crippen molar-refractivity contribution in [2.24, 2.45) is 0 Å². The number of amides is 2. The number of carbonyl (C=O) groups excluding carboxylic acids is 1. The maximum absolute atomic E-state index is 12.4. The summed E-state index contributed by atoms with van der Waals surface area (Å²) in [6.07, 6.45) is 1.63. The minimum atomic E-state index is -0.136. The second-order valence-electron chi connectivity index (χ2n) is 5.44. The molecule has 0 aliphatic carbocycles. The normalized spacial score (nSPS) is 14.9. The van der Waals surface area contributed by atoms with Gasteiger partial charge >= 0.3 is 6.03 Å². The average Bonchev–Trinajstić information content (AvgIpc) is 2.87. The van der Waals surface area contributed by atoms with Crippen molar-refractivity contribution in [3.63, 3.8) is 0 Å². The summed E-state index contributed by atoms with van der Waals surface area (Å²) in [7, 11) is 0. The van der Waals surface area contributed by atoms with Gasteiger partial charge in [0.2, 0.25) is 0 Å². The molecular weight excluding hydrogens is 318 g/mol. The summed E-state index contributed by atoms with van der Waals surface area (Å²) >= 11 is 5.85. The second kappa shape index (κ2) is 6.45. The van der Waals surface area contributed by atoms with Crippen molar-refractivity contribution in [1.29, 1.82) is 0 Å². The molecular formula is C15H18ClN5O2. The number of hydrogen-bond acceptors (Lipinski definition) is 5. The molecule has 2 aromatic heterocycles. The molecule has 122 valence electrons. The summed E-state index contributed by atoms with van der Waals surface area (Å²) in [5.41, 5.74) is 1.33. The van der Waals surface area contributed by atoms with E-state index in [2.05, 4.69) is 20.4 Å². The number of pyridine rings is 1. The van der Waals surface area contributed by atoms with Gasteiger partial charge in [0, 0.05) is 32.4 Å². The molecule has 8 heteroatoms. The molecule has 23 heavy (non-hydrogen) atoms. The quantitative estimate of drug-likeness (QED) is 0.913. The van der Waals surface area contributed by atoms with Gasteiger partial charge in [0.05, 0.1) is 5.02 Å². The van der Waals surface area contributed by atoms with E-state index >= 15 is 0 Å². The number of aryl methyl sites for hydroxylation is 2. The van der Waals surface area contributed by atoms with E-state index < -0.39 is 0 Å². The first-order valence-corrected chi connectivity index (χ1v) is 7.77. The molecule has 2 amide bonds. The zero-order valence-corrected chi connectivity index (χ0v) is 13.8. The highest BCUT2D eigenvalue weighted by atomic mass is 35.5. The highest BCUT2D eigenvalue weighted by Crippen LogP contribution is 2.20. The van der Waals surface area contributed by atoms with E-state index in [1.54, 1.807) is 24.9 Å². The average molecular weight is 336 g/mol. The first-order valence-electron chi connectivity index (χ1n) is 7.40.